The van der Waals surface area contributed by atoms with Crippen LogP contribution in [0.25, 0.3) is 0 Å². The topological polar surface area (TPSA) is 46.2 Å². The zero-order chi connectivity index (χ0) is 17.1. The van der Waals surface area contributed by atoms with Gasteiger partial charge in [0, 0.05) is 16.3 Å². The molecule has 0 bridgehead atoms. The van der Waals surface area contributed by atoms with Crippen molar-refractivity contribution in [1.29, 1.82) is 0 Å². The number of halogens is 1. The number of carbonyl (C=O) groups excluding carboxylic acids is 2. The van der Waals surface area contributed by atoms with E-state index in [9.17, 15) is 9.59 Å². The van der Waals surface area contributed by atoms with Gasteiger partial charge in [-0.25, -0.2) is 0 Å². The Bertz CT molecular complexity index is 903. The molecule has 0 radical (unpaired) electrons. The zero-order valence-electron chi connectivity index (χ0n) is 12.9. The summed E-state index contributed by atoms with van der Waals surface area (Å²) < 4.78 is 0. The number of benzene rings is 2. The Morgan fingerprint density at radius 3 is 2.42 bits per heavy atom. The van der Waals surface area contributed by atoms with Crippen LogP contribution < -0.4 is 5.32 Å². The fourth-order valence-corrected chi connectivity index (χ4v) is 3.28. The second kappa shape index (κ2) is 6.99. The van der Waals surface area contributed by atoms with Gasteiger partial charge in [-0.3, -0.25) is 9.59 Å². The molecule has 0 fully saturated rings. The van der Waals surface area contributed by atoms with Crippen LogP contribution in [0.1, 0.15) is 31.2 Å². The third-order valence-corrected chi connectivity index (χ3v) is 4.70. The third kappa shape index (κ3) is 3.40. The smallest absolute Gasteiger partial charge is 0.256 e. The van der Waals surface area contributed by atoms with Gasteiger partial charge in [0.05, 0.1) is 10.4 Å². The molecule has 1 aromatic heterocycles. The predicted molar refractivity (Wildman–Crippen MR) is 98.3 cm³/mol. The first-order valence-corrected chi connectivity index (χ1v) is 8.57. The molecule has 0 atom stereocenters. The van der Waals surface area contributed by atoms with Gasteiger partial charge < -0.3 is 5.32 Å². The molecule has 24 heavy (non-hydrogen) atoms. The lowest BCUT2D eigenvalue weighted by Gasteiger charge is -2.11. The van der Waals surface area contributed by atoms with Crippen molar-refractivity contribution in [3.8, 4) is 0 Å². The molecule has 0 aliphatic heterocycles. The molecule has 1 amide bonds. The number of hydrogen-bond acceptors (Lipinski definition) is 3. The first-order chi connectivity index (χ1) is 11.6. The van der Waals surface area contributed by atoms with Gasteiger partial charge in [-0.2, -0.15) is 0 Å². The number of ketones is 1. The molecule has 5 heteroatoms. The summed E-state index contributed by atoms with van der Waals surface area (Å²) in [6, 6.07) is 15.6. The van der Waals surface area contributed by atoms with Crippen LogP contribution in [0.4, 0.5) is 5.69 Å². The fourth-order valence-electron chi connectivity index (χ4n) is 2.38. The van der Waals surface area contributed by atoms with Gasteiger partial charge in [0.15, 0.2) is 0 Å². The largest absolute Gasteiger partial charge is 0.322 e. The summed E-state index contributed by atoms with van der Waals surface area (Å²) in [6.45, 7) is 1.87. The first kappa shape index (κ1) is 16.4. The standard InChI is InChI=1S/C19H14ClNO2S/c1-12-11-13(20)8-9-16(12)21-19(23)15-6-3-2-5-14(15)18(22)17-7-4-10-24-17/h2-11H,1H3,(H,21,23). The average molecular weight is 356 g/mol. The van der Waals surface area contributed by atoms with Crippen molar-refractivity contribution in [1.82, 2.24) is 0 Å². The lowest BCUT2D eigenvalue weighted by Crippen LogP contribution is -2.17. The van der Waals surface area contributed by atoms with Crippen LogP contribution in [0.15, 0.2) is 60.0 Å². The van der Waals surface area contributed by atoms with E-state index in [0.29, 0.717) is 26.7 Å². The summed E-state index contributed by atoms with van der Waals surface area (Å²) in [4.78, 5) is 25.9. The van der Waals surface area contributed by atoms with Gasteiger partial charge in [0.2, 0.25) is 5.78 Å². The number of nitrogens with one attached hydrogen (secondary N) is 1. The molecule has 3 rings (SSSR count). The zero-order valence-corrected chi connectivity index (χ0v) is 14.4. The van der Waals surface area contributed by atoms with E-state index in [0.717, 1.165) is 5.56 Å². The molecular weight excluding hydrogens is 342 g/mol. The van der Waals surface area contributed by atoms with Crippen molar-refractivity contribution in [2.75, 3.05) is 5.32 Å². The quantitative estimate of drug-likeness (QED) is 0.654. The summed E-state index contributed by atoms with van der Waals surface area (Å²) in [5, 5.41) is 5.30. The molecule has 120 valence electrons. The molecule has 3 nitrogen and oxygen atoms in total. The molecule has 2 aromatic carbocycles. The molecule has 0 unspecified atom stereocenters. The molecular formula is C19H14ClNO2S. The van der Waals surface area contributed by atoms with Crippen molar-refractivity contribution in [2.45, 2.75) is 6.92 Å². The maximum Gasteiger partial charge on any atom is 0.256 e. The number of carbonyl (C=O) groups is 2. The van der Waals surface area contributed by atoms with Crippen molar-refractivity contribution >= 4 is 40.3 Å². The number of rotatable bonds is 4. The van der Waals surface area contributed by atoms with Gasteiger partial charge in [-0.15, -0.1) is 11.3 Å². The highest BCUT2D eigenvalue weighted by Gasteiger charge is 2.19. The Kier molecular flexibility index (Phi) is 4.79. The normalized spacial score (nSPS) is 10.4. The highest BCUT2D eigenvalue weighted by atomic mass is 35.5. The maximum atomic E-state index is 12.7. The van der Waals surface area contributed by atoms with Crippen LogP contribution in [0.5, 0.6) is 0 Å². The SMILES string of the molecule is Cc1cc(Cl)ccc1NC(=O)c1ccccc1C(=O)c1cccs1. The average Bonchev–Trinajstić information content (AvgIpc) is 3.11. The van der Waals surface area contributed by atoms with Crippen molar-refractivity contribution in [3.05, 3.63) is 86.6 Å². The third-order valence-electron chi connectivity index (χ3n) is 3.60. The van der Waals surface area contributed by atoms with Crippen LogP contribution in [-0.4, -0.2) is 11.7 Å². The maximum absolute atomic E-state index is 12.7. The summed E-state index contributed by atoms with van der Waals surface area (Å²) >= 11 is 7.30. The van der Waals surface area contributed by atoms with Gasteiger partial charge in [0.1, 0.15) is 0 Å². The number of anilines is 1. The lowest BCUT2D eigenvalue weighted by molar-refractivity contribution is 0.0997. The minimum Gasteiger partial charge on any atom is -0.322 e. The van der Waals surface area contributed by atoms with E-state index in [-0.39, 0.29) is 11.7 Å². The molecule has 0 spiro atoms. The number of amides is 1. The van der Waals surface area contributed by atoms with E-state index in [2.05, 4.69) is 5.32 Å². The van der Waals surface area contributed by atoms with E-state index < -0.39 is 0 Å². The van der Waals surface area contributed by atoms with E-state index >= 15 is 0 Å². The minimum absolute atomic E-state index is 0.149. The summed E-state index contributed by atoms with van der Waals surface area (Å²) in [6.07, 6.45) is 0. The highest BCUT2D eigenvalue weighted by Crippen LogP contribution is 2.22. The van der Waals surface area contributed by atoms with E-state index in [1.165, 1.54) is 11.3 Å². The molecule has 1 N–H and O–H groups in total. The van der Waals surface area contributed by atoms with Crippen molar-refractivity contribution in [2.24, 2.45) is 0 Å². The van der Waals surface area contributed by atoms with E-state index in [1.807, 2.05) is 18.4 Å². The van der Waals surface area contributed by atoms with Crippen LogP contribution in [0, 0.1) is 6.92 Å². The van der Waals surface area contributed by atoms with E-state index in [4.69, 9.17) is 11.6 Å². The van der Waals surface area contributed by atoms with Crippen molar-refractivity contribution < 1.29 is 9.59 Å². The Labute approximate surface area is 148 Å². The van der Waals surface area contributed by atoms with Crippen LogP contribution in [0.3, 0.4) is 0 Å². The summed E-state index contributed by atoms with van der Waals surface area (Å²) in [7, 11) is 0. The highest BCUT2D eigenvalue weighted by molar-refractivity contribution is 7.12. The number of thiophene rings is 1. The molecule has 0 saturated heterocycles. The van der Waals surface area contributed by atoms with Crippen LogP contribution >= 0.6 is 22.9 Å². The van der Waals surface area contributed by atoms with Gasteiger partial charge in [-0.1, -0.05) is 35.9 Å². The fraction of sp³-hybridized carbons (Fsp3) is 0.0526. The first-order valence-electron chi connectivity index (χ1n) is 7.31. The Balaban J connectivity index is 1.92. The lowest BCUT2D eigenvalue weighted by atomic mass is 10.0. The Morgan fingerprint density at radius 2 is 1.75 bits per heavy atom. The van der Waals surface area contributed by atoms with Crippen molar-refractivity contribution in [3.63, 3.8) is 0 Å². The Hall–Kier alpha value is -2.43. The summed E-state index contributed by atoms with van der Waals surface area (Å²) in [5.74, 6) is -0.468. The second-order valence-corrected chi connectivity index (χ2v) is 6.65. The van der Waals surface area contributed by atoms with Gasteiger partial charge >= 0.3 is 0 Å². The Morgan fingerprint density at radius 1 is 1.00 bits per heavy atom. The van der Waals surface area contributed by atoms with Crippen LogP contribution in [-0.2, 0) is 0 Å². The molecule has 3 aromatic rings. The predicted octanol–water partition coefficient (Wildman–Crippen LogP) is 5.19. The molecule has 0 aliphatic carbocycles. The summed E-state index contributed by atoms with van der Waals surface area (Å²) in [5.41, 5.74) is 2.27. The molecule has 1 heterocycles. The van der Waals surface area contributed by atoms with E-state index in [1.54, 1.807) is 48.5 Å². The molecule has 0 aliphatic rings. The number of aryl methyl sites for hydroxylation is 1. The van der Waals surface area contributed by atoms with Crippen LogP contribution in [0.2, 0.25) is 5.02 Å². The van der Waals surface area contributed by atoms with Gasteiger partial charge in [-0.05, 0) is 48.2 Å². The monoisotopic (exact) mass is 355 g/mol. The second-order valence-electron chi connectivity index (χ2n) is 5.27. The number of hydrogen-bond donors (Lipinski definition) is 1. The molecule has 0 saturated carbocycles. The minimum atomic E-state index is -0.319. The van der Waals surface area contributed by atoms with Gasteiger partial charge in [0.25, 0.3) is 5.91 Å².